The number of nitrogens with two attached hydrogens (primary N) is 1. The third kappa shape index (κ3) is 2.34. The van der Waals surface area contributed by atoms with Crippen molar-refractivity contribution in [2.75, 3.05) is 14.2 Å². The van der Waals surface area contributed by atoms with Gasteiger partial charge < -0.3 is 15.2 Å². The van der Waals surface area contributed by atoms with Gasteiger partial charge in [-0.1, -0.05) is 12.5 Å². The third-order valence-corrected chi connectivity index (χ3v) is 3.53. The largest absolute Gasteiger partial charge is 0.493 e. The summed E-state index contributed by atoms with van der Waals surface area (Å²) < 4.78 is 10.5. The normalized spacial score (nSPS) is 23.8. The zero-order chi connectivity index (χ0) is 13.1. The lowest BCUT2D eigenvalue weighted by molar-refractivity contribution is -0.123. The van der Waals surface area contributed by atoms with Gasteiger partial charge in [0.25, 0.3) is 0 Å². The first-order chi connectivity index (χ1) is 8.67. The molecule has 1 saturated carbocycles. The maximum atomic E-state index is 12.1. The molecule has 98 valence electrons. The predicted octanol–water partition coefficient (Wildman–Crippen LogP) is 1.87. The van der Waals surface area contributed by atoms with Crippen LogP contribution in [0, 0.1) is 0 Å². The molecule has 0 spiro atoms. The van der Waals surface area contributed by atoms with Gasteiger partial charge in [-0.3, -0.25) is 4.79 Å². The van der Waals surface area contributed by atoms with Crippen molar-refractivity contribution in [1.82, 2.24) is 0 Å². The standard InChI is InChI=1S/C14H19NO3/c1-17-12-7-6-9(8-13(12)18-2)10-4-3-5-11(15)14(10)16/h6-8,10-11H,3-5,15H2,1-2H3. The molecule has 1 aliphatic carbocycles. The molecular formula is C14H19NO3. The summed E-state index contributed by atoms with van der Waals surface area (Å²) in [6.07, 6.45) is 2.65. The van der Waals surface area contributed by atoms with Gasteiger partial charge in [0.2, 0.25) is 0 Å². The van der Waals surface area contributed by atoms with Crippen molar-refractivity contribution in [2.24, 2.45) is 5.73 Å². The molecule has 2 rings (SSSR count). The molecule has 0 radical (unpaired) electrons. The Morgan fingerprint density at radius 2 is 1.89 bits per heavy atom. The maximum Gasteiger partial charge on any atom is 0.161 e. The highest BCUT2D eigenvalue weighted by Crippen LogP contribution is 2.35. The lowest BCUT2D eigenvalue weighted by Crippen LogP contribution is -2.38. The highest BCUT2D eigenvalue weighted by Gasteiger charge is 2.30. The SMILES string of the molecule is COc1ccc(C2CCCC(N)C2=O)cc1OC. The Morgan fingerprint density at radius 1 is 1.17 bits per heavy atom. The minimum atomic E-state index is -0.322. The maximum absolute atomic E-state index is 12.1. The number of ketones is 1. The number of methoxy groups -OCH3 is 2. The molecular weight excluding hydrogens is 230 g/mol. The van der Waals surface area contributed by atoms with Crippen LogP contribution in [0.2, 0.25) is 0 Å². The van der Waals surface area contributed by atoms with E-state index in [1.54, 1.807) is 14.2 Å². The second-order valence-corrected chi connectivity index (χ2v) is 4.61. The van der Waals surface area contributed by atoms with E-state index in [-0.39, 0.29) is 17.7 Å². The molecule has 2 atom stereocenters. The van der Waals surface area contributed by atoms with E-state index in [1.165, 1.54) is 0 Å². The number of rotatable bonds is 3. The Kier molecular flexibility index (Phi) is 3.87. The predicted molar refractivity (Wildman–Crippen MR) is 69.1 cm³/mol. The van der Waals surface area contributed by atoms with E-state index in [1.807, 2.05) is 18.2 Å². The quantitative estimate of drug-likeness (QED) is 0.888. The van der Waals surface area contributed by atoms with E-state index in [0.29, 0.717) is 11.5 Å². The van der Waals surface area contributed by atoms with E-state index in [2.05, 4.69) is 0 Å². The summed E-state index contributed by atoms with van der Waals surface area (Å²) in [5.74, 6) is 1.36. The van der Waals surface area contributed by atoms with Gasteiger partial charge in [-0.05, 0) is 30.5 Å². The van der Waals surface area contributed by atoms with Gasteiger partial charge in [0, 0.05) is 5.92 Å². The first-order valence-electron chi connectivity index (χ1n) is 6.18. The molecule has 1 fully saturated rings. The molecule has 18 heavy (non-hydrogen) atoms. The second-order valence-electron chi connectivity index (χ2n) is 4.61. The lowest BCUT2D eigenvalue weighted by Gasteiger charge is -2.26. The number of hydrogen-bond donors (Lipinski definition) is 1. The summed E-state index contributed by atoms with van der Waals surface area (Å²) in [7, 11) is 3.19. The zero-order valence-corrected chi connectivity index (χ0v) is 10.8. The van der Waals surface area contributed by atoms with E-state index in [9.17, 15) is 4.79 Å². The molecule has 1 aliphatic rings. The van der Waals surface area contributed by atoms with Crippen LogP contribution in [0.5, 0.6) is 11.5 Å². The highest BCUT2D eigenvalue weighted by molar-refractivity contribution is 5.91. The lowest BCUT2D eigenvalue weighted by atomic mass is 9.80. The fraction of sp³-hybridized carbons (Fsp3) is 0.500. The van der Waals surface area contributed by atoms with Crippen LogP contribution in [-0.2, 0) is 4.79 Å². The van der Waals surface area contributed by atoms with Crippen molar-refractivity contribution < 1.29 is 14.3 Å². The van der Waals surface area contributed by atoms with Crippen LogP contribution in [0.4, 0.5) is 0 Å². The molecule has 4 heteroatoms. The second kappa shape index (κ2) is 5.40. The first kappa shape index (κ1) is 12.9. The average molecular weight is 249 g/mol. The molecule has 1 aromatic carbocycles. The molecule has 0 aromatic heterocycles. The van der Waals surface area contributed by atoms with Crippen LogP contribution < -0.4 is 15.2 Å². The van der Waals surface area contributed by atoms with Crippen LogP contribution in [0.1, 0.15) is 30.7 Å². The van der Waals surface area contributed by atoms with Gasteiger partial charge in [0.05, 0.1) is 20.3 Å². The van der Waals surface area contributed by atoms with Gasteiger partial charge in [-0.15, -0.1) is 0 Å². The van der Waals surface area contributed by atoms with E-state index >= 15 is 0 Å². The fourth-order valence-electron chi connectivity index (χ4n) is 2.49. The smallest absolute Gasteiger partial charge is 0.161 e. The molecule has 0 heterocycles. The molecule has 0 saturated heterocycles. The number of hydrogen-bond acceptors (Lipinski definition) is 4. The van der Waals surface area contributed by atoms with Gasteiger partial charge in [0.1, 0.15) is 0 Å². The molecule has 0 bridgehead atoms. The van der Waals surface area contributed by atoms with Crippen LogP contribution in [0.25, 0.3) is 0 Å². The van der Waals surface area contributed by atoms with Crippen molar-refractivity contribution in [3.8, 4) is 11.5 Å². The summed E-state index contributed by atoms with van der Waals surface area (Å²) in [4.78, 5) is 12.1. The summed E-state index contributed by atoms with van der Waals surface area (Å²) in [5.41, 5.74) is 6.79. The number of ether oxygens (including phenoxy) is 2. The van der Waals surface area contributed by atoms with Gasteiger partial charge in [-0.2, -0.15) is 0 Å². The monoisotopic (exact) mass is 249 g/mol. The number of benzene rings is 1. The van der Waals surface area contributed by atoms with Crippen LogP contribution in [0.15, 0.2) is 18.2 Å². The molecule has 4 nitrogen and oxygen atoms in total. The fourth-order valence-corrected chi connectivity index (χ4v) is 2.49. The van der Waals surface area contributed by atoms with Crippen LogP contribution >= 0.6 is 0 Å². The Bertz CT molecular complexity index is 445. The minimum Gasteiger partial charge on any atom is -0.493 e. The highest BCUT2D eigenvalue weighted by atomic mass is 16.5. The van der Waals surface area contributed by atoms with Gasteiger partial charge in [-0.25, -0.2) is 0 Å². The average Bonchev–Trinajstić information content (AvgIpc) is 2.41. The van der Waals surface area contributed by atoms with E-state index in [0.717, 1.165) is 24.8 Å². The van der Waals surface area contributed by atoms with Gasteiger partial charge >= 0.3 is 0 Å². The molecule has 1 aromatic rings. The van der Waals surface area contributed by atoms with Crippen molar-refractivity contribution in [2.45, 2.75) is 31.2 Å². The summed E-state index contributed by atoms with van der Waals surface area (Å²) >= 11 is 0. The molecule has 2 unspecified atom stereocenters. The van der Waals surface area contributed by atoms with Crippen molar-refractivity contribution in [1.29, 1.82) is 0 Å². The number of carbonyl (C=O) groups is 1. The molecule has 2 N–H and O–H groups in total. The zero-order valence-electron chi connectivity index (χ0n) is 10.8. The summed E-state index contributed by atoms with van der Waals surface area (Å²) in [6, 6.07) is 5.31. The number of Topliss-reactive ketones (excluding diaryl/α,β-unsaturated/α-hetero) is 1. The van der Waals surface area contributed by atoms with Crippen molar-refractivity contribution in [3.05, 3.63) is 23.8 Å². The molecule has 0 aliphatic heterocycles. The third-order valence-electron chi connectivity index (χ3n) is 3.53. The Morgan fingerprint density at radius 3 is 2.56 bits per heavy atom. The van der Waals surface area contributed by atoms with Crippen molar-refractivity contribution in [3.63, 3.8) is 0 Å². The van der Waals surface area contributed by atoms with E-state index in [4.69, 9.17) is 15.2 Å². The number of carbonyl (C=O) groups excluding carboxylic acids is 1. The first-order valence-corrected chi connectivity index (χ1v) is 6.18. The Hall–Kier alpha value is -1.55. The topological polar surface area (TPSA) is 61.5 Å². The molecule has 0 amide bonds. The van der Waals surface area contributed by atoms with Crippen LogP contribution in [0.3, 0.4) is 0 Å². The summed E-state index contributed by atoms with van der Waals surface area (Å²) in [6.45, 7) is 0. The van der Waals surface area contributed by atoms with Crippen LogP contribution in [-0.4, -0.2) is 26.0 Å². The van der Waals surface area contributed by atoms with Gasteiger partial charge in [0.15, 0.2) is 17.3 Å². The summed E-state index contributed by atoms with van der Waals surface area (Å²) in [5, 5.41) is 0. The Balaban J connectivity index is 2.30. The Labute approximate surface area is 107 Å². The van der Waals surface area contributed by atoms with Crippen molar-refractivity contribution >= 4 is 5.78 Å². The minimum absolute atomic E-state index is 0.103. The van der Waals surface area contributed by atoms with E-state index < -0.39 is 0 Å².